The number of carbonyl (C=O) groups excluding carboxylic acids is 1. The van der Waals surface area contributed by atoms with Gasteiger partial charge in [0.05, 0.1) is 5.56 Å². The summed E-state index contributed by atoms with van der Waals surface area (Å²) >= 11 is 0. The summed E-state index contributed by atoms with van der Waals surface area (Å²) in [5, 5.41) is 1.94. The van der Waals surface area contributed by atoms with E-state index in [1.807, 2.05) is 54.6 Å². The number of hydrogen-bond acceptors (Lipinski definition) is 3. The molecule has 27 heavy (non-hydrogen) atoms. The van der Waals surface area contributed by atoms with Crippen molar-refractivity contribution in [1.82, 2.24) is 0 Å². The van der Waals surface area contributed by atoms with Gasteiger partial charge >= 0.3 is 5.97 Å². The van der Waals surface area contributed by atoms with Gasteiger partial charge in [-0.25, -0.2) is 4.79 Å². The quantitative estimate of drug-likeness (QED) is 0.297. The minimum Gasteiger partial charge on any atom is -0.543 e. The Morgan fingerprint density at radius 2 is 1.33 bits per heavy atom. The second kappa shape index (κ2) is 7.20. The summed E-state index contributed by atoms with van der Waals surface area (Å²) in [4.78, 5) is 12.5. The Labute approximate surface area is 162 Å². The Balaban J connectivity index is 1.97. The predicted octanol–water partition coefficient (Wildman–Crippen LogP) is 6.44. The van der Waals surface area contributed by atoms with Crippen molar-refractivity contribution in [3.05, 3.63) is 72.3 Å². The molecule has 0 unspecified atom stereocenters. The summed E-state index contributed by atoms with van der Waals surface area (Å²) in [6.07, 6.45) is 0. The van der Waals surface area contributed by atoms with Crippen LogP contribution in [0.1, 0.15) is 31.1 Å². The molecule has 0 heterocycles. The van der Waals surface area contributed by atoms with Crippen LogP contribution in [0.3, 0.4) is 0 Å². The van der Waals surface area contributed by atoms with E-state index in [0.717, 1.165) is 16.5 Å². The maximum atomic E-state index is 12.5. The number of hydrogen-bond donors (Lipinski definition) is 0. The molecule has 0 saturated heterocycles. The van der Waals surface area contributed by atoms with Gasteiger partial charge in [-0.1, -0.05) is 63.2 Å². The van der Waals surface area contributed by atoms with Crippen molar-refractivity contribution in [2.75, 3.05) is 0 Å². The first-order valence-electron chi connectivity index (χ1n) is 9.17. The monoisotopic (exact) mass is 378 g/mol. The largest absolute Gasteiger partial charge is 0.543 e. The van der Waals surface area contributed by atoms with Crippen molar-refractivity contribution in [2.24, 2.45) is 0 Å². The topological polar surface area (TPSA) is 35.5 Å². The minimum absolute atomic E-state index is 0.104. The first kappa shape index (κ1) is 19.2. The maximum absolute atomic E-state index is 12.5. The van der Waals surface area contributed by atoms with E-state index in [1.165, 1.54) is 0 Å². The fourth-order valence-corrected chi connectivity index (χ4v) is 3.63. The second-order valence-electron chi connectivity index (χ2n) is 8.23. The summed E-state index contributed by atoms with van der Waals surface area (Å²) in [5.41, 5.74) is 0.531. The lowest BCUT2D eigenvalue weighted by Crippen LogP contribution is -2.43. The van der Waals surface area contributed by atoms with Crippen LogP contribution in [0.5, 0.6) is 11.5 Å². The molecule has 0 N–H and O–H groups in total. The Kier molecular flexibility index (Phi) is 5.11. The number of fused-ring (bicyclic) bond motifs is 1. The molecule has 0 radical (unpaired) electrons. The minimum atomic E-state index is -1.97. The van der Waals surface area contributed by atoms with Gasteiger partial charge in [0.15, 0.2) is 0 Å². The van der Waals surface area contributed by atoms with Gasteiger partial charge in [-0.2, -0.15) is 0 Å². The summed E-state index contributed by atoms with van der Waals surface area (Å²) in [6.45, 7) is 11.1. The molecular formula is C23H26O3Si. The van der Waals surface area contributed by atoms with Crippen molar-refractivity contribution < 1.29 is 14.0 Å². The van der Waals surface area contributed by atoms with Crippen LogP contribution in [0.15, 0.2) is 66.7 Å². The van der Waals surface area contributed by atoms with E-state index in [0.29, 0.717) is 11.3 Å². The average Bonchev–Trinajstić information content (AvgIpc) is 2.62. The number of esters is 1. The normalized spacial score (nSPS) is 12.0. The van der Waals surface area contributed by atoms with Crippen LogP contribution in [0, 0.1) is 0 Å². The zero-order chi connectivity index (χ0) is 19.7. The van der Waals surface area contributed by atoms with Gasteiger partial charge in [0, 0.05) is 10.8 Å². The van der Waals surface area contributed by atoms with Crippen molar-refractivity contribution in [3.8, 4) is 11.5 Å². The summed E-state index contributed by atoms with van der Waals surface area (Å²) in [5.74, 6) is 1.03. The van der Waals surface area contributed by atoms with E-state index in [9.17, 15) is 4.79 Å². The maximum Gasteiger partial charge on any atom is 0.343 e. The van der Waals surface area contributed by atoms with E-state index in [2.05, 4.69) is 33.9 Å². The summed E-state index contributed by atoms with van der Waals surface area (Å²) in [6, 6.07) is 20.6. The third-order valence-electron chi connectivity index (χ3n) is 5.23. The number of rotatable bonds is 4. The fraction of sp³-hybridized carbons (Fsp3) is 0.261. The zero-order valence-corrected chi connectivity index (χ0v) is 17.6. The molecule has 0 atom stereocenters. The van der Waals surface area contributed by atoms with Crippen LogP contribution in [0.2, 0.25) is 18.1 Å². The molecule has 0 aliphatic rings. The van der Waals surface area contributed by atoms with Crippen molar-refractivity contribution in [1.29, 1.82) is 0 Å². The third kappa shape index (κ3) is 4.06. The molecule has 4 heteroatoms. The molecule has 0 spiro atoms. The van der Waals surface area contributed by atoms with Gasteiger partial charge in [0.2, 0.25) is 0 Å². The first-order valence-corrected chi connectivity index (χ1v) is 12.1. The SMILES string of the molecule is CC(C)(C)[Si](C)(C)Oc1cccc2c(OC(=O)c3ccccc3)cccc12. The third-order valence-corrected chi connectivity index (χ3v) is 9.57. The molecule has 0 fully saturated rings. The van der Waals surface area contributed by atoms with Gasteiger partial charge < -0.3 is 9.16 Å². The molecule has 140 valence electrons. The van der Waals surface area contributed by atoms with Crippen LogP contribution in [0.4, 0.5) is 0 Å². The molecule has 0 aliphatic carbocycles. The molecule has 0 aliphatic heterocycles. The van der Waals surface area contributed by atoms with Crippen molar-refractivity contribution in [3.63, 3.8) is 0 Å². The van der Waals surface area contributed by atoms with E-state index >= 15 is 0 Å². The number of benzene rings is 3. The highest BCUT2D eigenvalue weighted by atomic mass is 28.4. The highest BCUT2D eigenvalue weighted by molar-refractivity contribution is 6.74. The van der Waals surface area contributed by atoms with Gasteiger partial charge in [0.1, 0.15) is 11.5 Å². The smallest absolute Gasteiger partial charge is 0.343 e. The Hall–Kier alpha value is -2.59. The van der Waals surface area contributed by atoms with E-state index < -0.39 is 8.32 Å². The van der Waals surface area contributed by atoms with Gasteiger partial charge in [-0.3, -0.25) is 0 Å². The molecule has 0 saturated carbocycles. The fourth-order valence-electron chi connectivity index (χ4n) is 2.59. The van der Waals surface area contributed by atoms with E-state index in [1.54, 1.807) is 12.1 Å². The molecule has 3 aromatic rings. The second-order valence-corrected chi connectivity index (χ2v) is 13.0. The van der Waals surface area contributed by atoms with E-state index in [-0.39, 0.29) is 11.0 Å². The molecule has 0 bridgehead atoms. The standard InChI is InChI=1S/C23H26O3Si/c1-23(2,3)27(4,5)26-21-16-10-13-18-19(21)14-9-15-20(18)25-22(24)17-11-7-6-8-12-17/h6-16H,1-5H3. The molecule has 3 nitrogen and oxygen atoms in total. The van der Waals surface area contributed by atoms with Crippen molar-refractivity contribution >= 4 is 25.1 Å². The van der Waals surface area contributed by atoms with E-state index in [4.69, 9.17) is 9.16 Å². The Morgan fingerprint density at radius 3 is 1.93 bits per heavy atom. The van der Waals surface area contributed by atoms with Crippen LogP contribution >= 0.6 is 0 Å². The molecule has 3 aromatic carbocycles. The van der Waals surface area contributed by atoms with Crippen LogP contribution in [-0.4, -0.2) is 14.3 Å². The molecule has 3 rings (SSSR count). The lowest BCUT2D eigenvalue weighted by Gasteiger charge is -2.36. The zero-order valence-electron chi connectivity index (χ0n) is 16.6. The van der Waals surface area contributed by atoms with Crippen LogP contribution in [0.25, 0.3) is 10.8 Å². The van der Waals surface area contributed by atoms with Gasteiger partial charge in [0.25, 0.3) is 8.32 Å². The number of ether oxygens (including phenoxy) is 1. The lowest BCUT2D eigenvalue weighted by atomic mass is 10.1. The Bertz CT molecular complexity index is 956. The van der Waals surface area contributed by atoms with Crippen LogP contribution < -0.4 is 9.16 Å². The van der Waals surface area contributed by atoms with Crippen molar-refractivity contribution in [2.45, 2.75) is 38.9 Å². The summed E-state index contributed by atoms with van der Waals surface area (Å²) in [7, 11) is -1.97. The predicted molar refractivity (Wildman–Crippen MR) is 113 cm³/mol. The number of carbonyl (C=O) groups is 1. The molecule has 0 amide bonds. The van der Waals surface area contributed by atoms with Gasteiger partial charge in [-0.15, -0.1) is 0 Å². The lowest BCUT2D eigenvalue weighted by molar-refractivity contribution is 0.0737. The highest BCUT2D eigenvalue weighted by Gasteiger charge is 2.39. The van der Waals surface area contributed by atoms with Gasteiger partial charge in [-0.05, 0) is 42.4 Å². The first-order chi connectivity index (χ1) is 12.7. The molecule has 0 aromatic heterocycles. The molecular weight excluding hydrogens is 352 g/mol. The van der Waals surface area contributed by atoms with Crippen LogP contribution in [-0.2, 0) is 0 Å². The highest BCUT2D eigenvalue weighted by Crippen LogP contribution is 2.40. The Morgan fingerprint density at radius 1 is 0.778 bits per heavy atom. The average molecular weight is 379 g/mol. The summed E-state index contributed by atoms with van der Waals surface area (Å²) < 4.78 is 12.2.